The molecule has 0 fully saturated rings. The van der Waals surface area contributed by atoms with Crippen LogP contribution in [-0.4, -0.2) is 13.1 Å². The number of hydrogen-bond donors (Lipinski definition) is 0. The zero-order chi connectivity index (χ0) is 17.6. The molecule has 0 aliphatic rings. The molecule has 3 aromatic rings. The number of carbonyl (C=O) groups is 1. The summed E-state index contributed by atoms with van der Waals surface area (Å²) in [6.07, 6.45) is 0.908. The molecule has 3 rings (SSSR count). The summed E-state index contributed by atoms with van der Waals surface area (Å²) in [6.45, 7) is 0.0298. The number of rotatable bonds is 6. The second-order valence-electron chi connectivity index (χ2n) is 5.60. The molecular formula is C20H18O5. The maximum absolute atomic E-state index is 12.0. The number of carbonyl (C=O) groups excluding carboxylic acids is 1. The molecule has 25 heavy (non-hydrogen) atoms. The molecule has 0 aliphatic carbocycles. The van der Waals surface area contributed by atoms with E-state index >= 15 is 0 Å². The maximum Gasteiger partial charge on any atom is 0.336 e. The van der Waals surface area contributed by atoms with Crippen molar-refractivity contribution in [3.05, 3.63) is 76.1 Å². The van der Waals surface area contributed by atoms with Crippen molar-refractivity contribution in [1.29, 1.82) is 0 Å². The zero-order valence-corrected chi connectivity index (χ0v) is 13.9. The lowest BCUT2D eigenvalue weighted by atomic mass is 10.1. The molecule has 0 radical (unpaired) electrons. The molecule has 0 saturated carbocycles. The van der Waals surface area contributed by atoms with Gasteiger partial charge in [-0.1, -0.05) is 30.3 Å². The third-order valence-electron chi connectivity index (χ3n) is 3.89. The molecule has 5 heteroatoms. The third kappa shape index (κ3) is 4.26. The van der Waals surface area contributed by atoms with Crippen molar-refractivity contribution in [2.24, 2.45) is 0 Å². The highest BCUT2D eigenvalue weighted by Crippen LogP contribution is 2.23. The summed E-state index contributed by atoms with van der Waals surface area (Å²) < 4.78 is 15.6. The Hall–Kier alpha value is -3.08. The number of aryl methyl sites for hydroxylation is 1. The average molecular weight is 338 g/mol. The van der Waals surface area contributed by atoms with Gasteiger partial charge in [-0.15, -0.1) is 0 Å². The normalized spacial score (nSPS) is 10.6. The highest BCUT2D eigenvalue weighted by Gasteiger charge is 2.10. The topological polar surface area (TPSA) is 65.7 Å². The van der Waals surface area contributed by atoms with Crippen LogP contribution in [0.25, 0.3) is 11.0 Å². The quantitative estimate of drug-likeness (QED) is 0.508. The lowest BCUT2D eigenvalue weighted by Crippen LogP contribution is -2.08. The molecule has 0 N–H and O–H groups in total. The molecule has 0 bridgehead atoms. The number of hydrogen-bond acceptors (Lipinski definition) is 5. The summed E-state index contributed by atoms with van der Waals surface area (Å²) in [5.74, 6) is 0.284. The first-order valence-electron chi connectivity index (χ1n) is 7.96. The predicted molar refractivity (Wildman–Crippen MR) is 93.6 cm³/mol. The number of benzene rings is 2. The van der Waals surface area contributed by atoms with Gasteiger partial charge in [0, 0.05) is 29.5 Å². The lowest BCUT2D eigenvalue weighted by molar-refractivity contribution is -0.144. The van der Waals surface area contributed by atoms with E-state index < -0.39 is 5.63 Å². The van der Waals surface area contributed by atoms with Crippen LogP contribution in [0, 0.1) is 0 Å². The third-order valence-corrected chi connectivity index (χ3v) is 3.89. The van der Waals surface area contributed by atoms with Crippen molar-refractivity contribution < 1.29 is 18.7 Å². The van der Waals surface area contributed by atoms with Gasteiger partial charge in [0.2, 0.25) is 0 Å². The Morgan fingerprint density at radius 3 is 2.64 bits per heavy atom. The van der Waals surface area contributed by atoms with Gasteiger partial charge in [0.1, 0.15) is 17.9 Å². The van der Waals surface area contributed by atoms with Crippen LogP contribution in [-0.2, 0) is 22.6 Å². The van der Waals surface area contributed by atoms with Gasteiger partial charge in [-0.3, -0.25) is 4.79 Å². The number of fused-ring (bicyclic) bond motifs is 1. The fourth-order valence-corrected chi connectivity index (χ4v) is 2.58. The van der Waals surface area contributed by atoms with E-state index in [1.54, 1.807) is 18.2 Å². The first-order valence-corrected chi connectivity index (χ1v) is 7.96. The van der Waals surface area contributed by atoms with Crippen molar-refractivity contribution in [2.75, 3.05) is 7.11 Å². The molecule has 0 atom stereocenters. The van der Waals surface area contributed by atoms with E-state index in [9.17, 15) is 9.59 Å². The molecule has 1 aromatic heterocycles. The molecule has 0 spiro atoms. The summed E-state index contributed by atoms with van der Waals surface area (Å²) in [5, 5.41) is 0.719. The molecular weight excluding hydrogens is 320 g/mol. The fraction of sp³-hybridized carbons (Fsp3) is 0.200. The van der Waals surface area contributed by atoms with Gasteiger partial charge in [0.15, 0.2) is 0 Å². The molecule has 128 valence electrons. The van der Waals surface area contributed by atoms with Crippen LogP contribution >= 0.6 is 0 Å². The van der Waals surface area contributed by atoms with Gasteiger partial charge in [0.25, 0.3) is 0 Å². The van der Waals surface area contributed by atoms with E-state index in [4.69, 9.17) is 13.9 Å². The van der Waals surface area contributed by atoms with Gasteiger partial charge in [-0.25, -0.2) is 4.79 Å². The van der Waals surface area contributed by atoms with Crippen LogP contribution in [0.1, 0.15) is 17.5 Å². The Morgan fingerprint density at radius 1 is 1.08 bits per heavy atom. The van der Waals surface area contributed by atoms with Crippen molar-refractivity contribution in [3.63, 3.8) is 0 Å². The predicted octanol–water partition coefficient (Wildman–Crippen LogP) is 3.48. The Kier molecular flexibility index (Phi) is 5.14. The lowest BCUT2D eigenvalue weighted by Gasteiger charge is -2.08. The van der Waals surface area contributed by atoms with Gasteiger partial charge in [-0.2, -0.15) is 0 Å². The SMILES string of the molecule is COc1ccc2c(COC(=O)CCc3ccccc3)cc(=O)oc2c1. The fourth-order valence-electron chi connectivity index (χ4n) is 2.58. The minimum Gasteiger partial charge on any atom is -0.497 e. The Morgan fingerprint density at radius 2 is 1.88 bits per heavy atom. The van der Waals surface area contributed by atoms with Crippen LogP contribution in [0.2, 0.25) is 0 Å². The number of methoxy groups -OCH3 is 1. The van der Waals surface area contributed by atoms with E-state index in [0.29, 0.717) is 23.3 Å². The molecule has 0 saturated heterocycles. The summed E-state index contributed by atoms with van der Waals surface area (Å²) >= 11 is 0. The molecule has 1 heterocycles. The van der Waals surface area contributed by atoms with Crippen LogP contribution < -0.4 is 10.4 Å². The second-order valence-corrected chi connectivity index (χ2v) is 5.60. The van der Waals surface area contributed by atoms with Crippen molar-refractivity contribution in [3.8, 4) is 5.75 Å². The molecule has 2 aromatic carbocycles. The largest absolute Gasteiger partial charge is 0.497 e. The van der Waals surface area contributed by atoms with Gasteiger partial charge in [0.05, 0.1) is 7.11 Å². The standard InChI is InChI=1S/C20H18O5/c1-23-16-8-9-17-15(11-20(22)25-18(17)12-16)13-24-19(21)10-7-14-5-3-2-4-6-14/h2-6,8-9,11-12H,7,10,13H2,1H3. The Labute approximate surface area is 144 Å². The first kappa shape index (κ1) is 16.8. The summed E-state index contributed by atoms with van der Waals surface area (Å²) in [5.41, 5.74) is 1.61. The Balaban J connectivity index is 1.68. The van der Waals surface area contributed by atoms with Gasteiger partial charge in [-0.05, 0) is 24.1 Å². The van der Waals surface area contributed by atoms with Crippen molar-refractivity contribution in [1.82, 2.24) is 0 Å². The summed E-state index contributed by atoms with van der Waals surface area (Å²) in [6, 6.07) is 16.3. The van der Waals surface area contributed by atoms with Crippen LogP contribution in [0.4, 0.5) is 0 Å². The number of ether oxygens (including phenoxy) is 2. The van der Waals surface area contributed by atoms with Crippen LogP contribution in [0.3, 0.4) is 0 Å². The zero-order valence-electron chi connectivity index (χ0n) is 13.9. The van der Waals surface area contributed by atoms with E-state index in [1.165, 1.54) is 13.2 Å². The number of esters is 1. The highest BCUT2D eigenvalue weighted by molar-refractivity contribution is 5.81. The molecule has 0 amide bonds. The van der Waals surface area contributed by atoms with Crippen molar-refractivity contribution >= 4 is 16.9 Å². The van der Waals surface area contributed by atoms with Crippen LogP contribution in [0.5, 0.6) is 5.75 Å². The van der Waals surface area contributed by atoms with E-state index in [1.807, 2.05) is 30.3 Å². The average Bonchev–Trinajstić information content (AvgIpc) is 2.64. The highest BCUT2D eigenvalue weighted by atomic mass is 16.5. The Bertz CT molecular complexity index is 928. The first-order chi connectivity index (χ1) is 12.2. The van der Waals surface area contributed by atoms with Crippen LogP contribution in [0.15, 0.2) is 63.8 Å². The molecule has 0 unspecified atom stereocenters. The summed E-state index contributed by atoms with van der Waals surface area (Å²) in [4.78, 5) is 23.7. The molecule has 0 aliphatic heterocycles. The monoisotopic (exact) mass is 338 g/mol. The van der Waals surface area contributed by atoms with E-state index in [0.717, 1.165) is 10.9 Å². The van der Waals surface area contributed by atoms with Gasteiger partial charge >= 0.3 is 11.6 Å². The summed E-state index contributed by atoms with van der Waals surface area (Å²) in [7, 11) is 1.54. The maximum atomic E-state index is 12.0. The van der Waals surface area contributed by atoms with Gasteiger partial charge < -0.3 is 13.9 Å². The second kappa shape index (κ2) is 7.66. The minimum absolute atomic E-state index is 0.0298. The van der Waals surface area contributed by atoms with Crippen molar-refractivity contribution in [2.45, 2.75) is 19.4 Å². The molecule has 5 nitrogen and oxygen atoms in total. The van der Waals surface area contributed by atoms with E-state index in [2.05, 4.69) is 0 Å². The smallest absolute Gasteiger partial charge is 0.336 e. The van der Waals surface area contributed by atoms with E-state index in [-0.39, 0.29) is 19.0 Å². The minimum atomic E-state index is -0.490.